The monoisotopic (exact) mass is 439 g/mol. The number of ether oxygens (including phenoxy) is 2. The van der Waals surface area contributed by atoms with Gasteiger partial charge in [0.15, 0.2) is 22.5 Å². The van der Waals surface area contributed by atoms with Crippen LogP contribution in [0, 0.1) is 6.92 Å². The minimum absolute atomic E-state index is 0.130. The van der Waals surface area contributed by atoms with Crippen LogP contribution in [0.5, 0.6) is 11.5 Å². The van der Waals surface area contributed by atoms with E-state index in [1.807, 2.05) is 31.2 Å². The van der Waals surface area contributed by atoms with E-state index in [0.29, 0.717) is 28.0 Å². The van der Waals surface area contributed by atoms with Crippen molar-refractivity contribution in [3.8, 4) is 11.5 Å². The lowest BCUT2D eigenvalue weighted by atomic mass is 10.2. The summed E-state index contributed by atoms with van der Waals surface area (Å²) in [5.41, 5.74) is 2.35. The van der Waals surface area contributed by atoms with Crippen molar-refractivity contribution in [2.24, 2.45) is 7.05 Å². The predicted octanol–water partition coefficient (Wildman–Crippen LogP) is 2.51. The lowest BCUT2D eigenvalue weighted by Gasteiger charge is -2.07. The normalized spacial score (nSPS) is 11.9. The Morgan fingerprint density at radius 2 is 1.87 bits per heavy atom. The van der Waals surface area contributed by atoms with E-state index in [0.717, 1.165) is 11.3 Å². The van der Waals surface area contributed by atoms with Crippen LogP contribution >= 0.6 is 11.8 Å². The van der Waals surface area contributed by atoms with Crippen molar-refractivity contribution in [3.05, 3.63) is 59.4 Å². The Hall–Kier alpha value is -3.53. The first kappa shape index (κ1) is 20.7. The van der Waals surface area contributed by atoms with Crippen LogP contribution in [0.3, 0.4) is 0 Å². The second kappa shape index (κ2) is 9.09. The Labute approximate surface area is 183 Å². The molecule has 31 heavy (non-hydrogen) atoms. The molecule has 9 nitrogen and oxygen atoms in total. The Morgan fingerprint density at radius 1 is 1.10 bits per heavy atom. The highest BCUT2D eigenvalue weighted by molar-refractivity contribution is 7.99. The lowest BCUT2D eigenvalue weighted by Crippen LogP contribution is -2.24. The molecule has 3 aromatic rings. The van der Waals surface area contributed by atoms with Crippen LogP contribution < -0.4 is 20.1 Å². The van der Waals surface area contributed by atoms with Gasteiger partial charge in [-0.05, 0) is 37.3 Å². The van der Waals surface area contributed by atoms with Crippen molar-refractivity contribution in [1.82, 2.24) is 20.1 Å². The van der Waals surface area contributed by atoms with Gasteiger partial charge in [-0.1, -0.05) is 29.5 Å². The second-order valence-corrected chi connectivity index (χ2v) is 7.85. The number of rotatable bonds is 7. The maximum atomic E-state index is 12.4. The fourth-order valence-corrected chi connectivity index (χ4v) is 3.62. The Morgan fingerprint density at radius 3 is 2.68 bits per heavy atom. The minimum Gasteiger partial charge on any atom is -0.454 e. The minimum atomic E-state index is -0.257. The Bertz CT molecular complexity index is 1110. The molecule has 1 aliphatic heterocycles. The number of aryl methyl sites for hydroxylation is 1. The molecule has 2 aromatic carbocycles. The topological polar surface area (TPSA) is 107 Å². The molecule has 0 unspecified atom stereocenters. The van der Waals surface area contributed by atoms with Gasteiger partial charge in [0.2, 0.25) is 12.7 Å². The SMILES string of the molecule is Cc1ccc(NC(=O)CSc2nnc(CNC(=O)c3ccc4c(c3)OCO4)n2C)cc1. The number of hydrogen-bond donors (Lipinski definition) is 2. The summed E-state index contributed by atoms with van der Waals surface area (Å²) in [4.78, 5) is 24.6. The van der Waals surface area contributed by atoms with Gasteiger partial charge in [0.25, 0.3) is 5.91 Å². The largest absolute Gasteiger partial charge is 0.454 e. The van der Waals surface area contributed by atoms with Crippen molar-refractivity contribution in [2.45, 2.75) is 18.6 Å². The number of carbonyl (C=O) groups is 2. The van der Waals surface area contributed by atoms with Gasteiger partial charge in [-0.2, -0.15) is 0 Å². The van der Waals surface area contributed by atoms with Crippen molar-refractivity contribution in [3.63, 3.8) is 0 Å². The first-order chi connectivity index (χ1) is 15.0. The molecule has 1 aliphatic rings. The number of nitrogens with zero attached hydrogens (tertiary/aromatic N) is 3. The number of carbonyl (C=O) groups excluding carboxylic acids is 2. The van der Waals surface area contributed by atoms with Crippen LogP contribution in [0.1, 0.15) is 21.7 Å². The molecule has 0 fully saturated rings. The van der Waals surface area contributed by atoms with Crippen LogP contribution in [0.25, 0.3) is 0 Å². The number of anilines is 1. The predicted molar refractivity (Wildman–Crippen MR) is 115 cm³/mol. The van der Waals surface area contributed by atoms with Gasteiger partial charge >= 0.3 is 0 Å². The number of benzene rings is 2. The molecule has 4 rings (SSSR count). The van der Waals surface area contributed by atoms with E-state index >= 15 is 0 Å². The lowest BCUT2D eigenvalue weighted by molar-refractivity contribution is -0.113. The van der Waals surface area contributed by atoms with E-state index in [4.69, 9.17) is 9.47 Å². The summed E-state index contributed by atoms with van der Waals surface area (Å²) < 4.78 is 12.3. The summed E-state index contributed by atoms with van der Waals surface area (Å²) in [6.07, 6.45) is 0. The fourth-order valence-electron chi connectivity index (χ4n) is 2.89. The number of amides is 2. The molecule has 0 bridgehead atoms. The van der Waals surface area contributed by atoms with Crippen molar-refractivity contribution >= 4 is 29.3 Å². The van der Waals surface area contributed by atoms with Gasteiger partial charge < -0.3 is 24.7 Å². The first-order valence-corrected chi connectivity index (χ1v) is 10.5. The number of aromatic nitrogens is 3. The molecular weight excluding hydrogens is 418 g/mol. The molecule has 10 heteroatoms. The summed E-state index contributed by atoms with van der Waals surface area (Å²) in [6, 6.07) is 12.6. The van der Waals surface area contributed by atoms with Gasteiger partial charge in [-0.25, -0.2) is 0 Å². The average Bonchev–Trinajstić information content (AvgIpc) is 3.38. The van der Waals surface area contributed by atoms with Crippen LogP contribution in [0.15, 0.2) is 47.6 Å². The van der Waals surface area contributed by atoms with E-state index in [2.05, 4.69) is 20.8 Å². The zero-order chi connectivity index (χ0) is 21.8. The highest BCUT2D eigenvalue weighted by Gasteiger charge is 2.17. The molecular formula is C21H21N5O4S. The van der Waals surface area contributed by atoms with Gasteiger partial charge in [-0.3, -0.25) is 9.59 Å². The first-order valence-electron chi connectivity index (χ1n) is 9.55. The molecule has 2 heterocycles. The van der Waals surface area contributed by atoms with E-state index in [9.17, 15) is 9.59 Å². The third kappa shape index (κ3) is 4.97. The van der Waals surface area contributed by atoms with Gasteiger partial charge in [0.1, 0.15) is 0 Å². The van der Waals surface area contributed by atoms with Crippen LogP contribution in [-0.4, -0.2) is 39.1 Å². The summed E-state index contributed by atoms with van der Waals surface area (Å²) in [7, 11) is 1.79. The molecule has 0 saturated carbocycles. The van der Waals surface area contributed by atoms with E-state index in [-0.39, 0.29) is 30.9 Å². The molecule has 160 valence electrons. The molecule has 0 spiro atoms. The maximum Gasteiger partial charge on any atom is 0.251 e. The highest BCUT2D eigenvalue weighted by atomic mass is 32.2. The van der Waals surface area contributed by atoms with Gasteiger partial charge in [0, 0.05) is 18.3 Å². The maximum absolute atomic E-state index is 12.4. The summed E-state index contributed by atoms with van der Waals surface area (Å²) >= 11 is 1.28. The fraction of sp³-hybridized carbons (Fsp3) is 0.238. The second-order valence-electron chi connectivity index (χ2n) is 6.91. The Kier molecular flexibility index (Phi) is 6.08. The standard InChI is InChI=1S/C21H21N5O4S/c1-13-3-6-15(7-4-13)23-19(27)11-31-21-25-24-18(26(21)2)10-22-20(28)14-5-8-16-17(9-14)30-12-29-16/h3-9H,10-12H2,1-2H3,(H,22,28)(H,23,27). The molecule has 2 amide bonds. The summed E-state index contributed by atoms with van der Waals surface area (Å²) in [6.45, 7) is 2.35. The number of hydrogen-bond acceptors (Lipinski definition) is 7. The number of fused-ring (bicyclic) bond motifs is 1. The van der Waals surface area contributed by atoms with Crippen molar-refractivity contribution in [1.29, 1.82) is 0 Å². The van der Waals surface area contributed by atoms with E-state index < -0.39 is 0 Å². The average molecular weight is 439 g/mol. The van der Waals surface area contributed by atoms with Crippen molar-refractivity contribution < 1.29 is 19.1 Å². The number of nitrogens with one attached hydrogen (secondary N) is 2. The van der Waals surface area contributed by atoms with Crippen molar-refractivity contribution in [2.75, 3.05) is 17.9 Å². The number of thioether (sulfide) groups is 1. The third-order valence-electron chi connectivity index (χ3n) is 4.63. The Balaban J connectivity index is 1.29. The van der Waals surface area contributed by atoms with Crippen LogP contribution in [-0.2, 0) is 18.4 Å². The third-order valence-corrected chi connectivity index (χ3v) is 5.65. The van der Waals surface area contributed by atoms with E-state index in [1.54, 1.807) is 29.8 Å². The van der Waals surface area contributed by atoms with Gasteiger partial charge in [0.05, 0.1) is 12.3 Å². The quantitative estimate of drug-likeness (QED) is 0.545. The zero-order valence-electron chi connectivity index (χ0n) is 17.0. The highest BCUT2D eigenvalue weighted by Crippen LogP contribution is 2.32. The molecule has 0 radical (unpaired) electrons. The smallest absolute Gasteiger partial charge is 0.251 e. The zero-order valence-corrected chi connectivity index (χ0v) is 17.9. The molecule has 0 aliphatic carbocycles. The molecule has 0 atom stereocenters. The van der Waals surface area contributed by atoms with Crippen LogP contribution in [0.2, 0.25) is 0 Å². The van der Waals surface area contributed by atoms with E-state index in [1.165, 1.54) is 11.8 Å². The molecule has 1 aromatic heterocycles. The molecule has 0 saturated heterocycles. The van der Waals surface area contributed by atoms with Gasteiger partial charge in [-0.15, -0.1) is 10.2 Å². The van der Waals surface area contributed by atoms with Crippen LogP contribution in [0.4, 0.5) is 5.69 Å². The summed E-state index contributed by atoms with van der Waals surface area (Å²) in [5, 5.41) is 14.5. The summed E-state index contributed by atoms with van der Waals surface area (Å²) in [5.74, 6) is 1.56. The molecule has 2 N–H and O–H groups in total.